The van der Waals surface area contributed by atoms with Gasteiger partial charge in [0.2, 0.25) is 0 Å². The molecule has 0 saturated carbocycles. The second-order valence-corrected chi connectivity index (χ2v) is 5.70. The zero-order valence-electron chi connectivity index (χ0n) is 11.7. The van der Waals surface area contributed by atoms with Gasteiger partial charge >= 0.3 is 0 Å². The maximum atomic E-state index is 10.2. The van der Waals surface area contributed by atoms with E-state index < -0.39 is 0 Å². The molecule has 2 atom stereocenters. The van der Waals surface area contributed by atoms with Crippen LogP contribution in [-0.4, -0.2) is 28.4 Å². The smallest absolute Gasteiger partial charge is 0.157 e. The van der Waals surface area contributed by atoms with Crippen molar-refractivity contribution >= 4 is 28.6 Å². The van der Waals surface area contributed by atoms with Crippen molar-refractivity contribution in [1.29, 1.82) is 0 Å². The number of hydrogen-bond donors (Lipinski definition) is 4. The second kappa shape index (κ2) is 6.77. The third-order valence-corrected chi connectivity index (χ3v) is 4.36. The van der Waals surface area contributed by atoms with E-state index in [4.69, 9.17) is 11.6 Å². The minimum Gasteiger partial charge on any atom is -0.506 e. The van der Waals surface area contributed by atoms with E-state index in [0.717, 1.165) is 24.2 Å². The van der Waals surface area contributed by atoms with E-state index in [1.807, 2.05) is 12.1 Å². The van der Waals surface area contributed by atoms with Crippen molar-refractivity contribution < 1.29 is 15.3 Å². The van der Waals surface area contributed by atoms with Crippen LogP contribution < -0.4 is 5.32 Å². The molecule has 0 aromatic heterocycles. The molecule has 118 valence electrons. The van der Waals surface area contributed by atoms with Crippen LogP contribution in [0.15, 0.2) is 36.4 Å². The Morgan fingerprint density at radius 2 is 1.68 bits per heavy atom. The van der Waals surface area contributed by atoms with Crippen molar-refractivity contribution in [3.63, 3.8) is 0 Å². The first kappa shape index (κ1) is 16.9. The number of nitrogens with one attached hydrogen (secondary N) is 1. The summed E-state index contributed by atoms with van der Waals surface area (Å²) in [5.41, 5.74) is 1.71. The lowest BCUT2D eigenvalue weighted by Gasteiger charge is -2.21. The van der Waals surface area contributed by atoms with Gasteiger partial charge in [0, 0.05) is 30.5 Å². The van der Waals surface area contributed by atoms with Gasteiger partial charge in [-0.25, -0.2) is 0 Å². The molecule has 22 heavy (non-hydrogen) atoms. The van der Waals surface area contributed by atoms with E-state index in [1.54, 1.807) is 18.2 Å². The molecule has 1 aliphatic rings. The molecule has 0 radical (unpaired) electrons. The Balaban J connectivity index is 0.00000176. The largest absolute Gasteiger partial charge is 0.506 e. The zero-order chi connectivity index (χ0) is 15.0. The minimum absolute atomic E-state index is 0. The summed E-state index contributed by atoms with van der Waals surface area (Å²) in [4.78, 5) is 0. The number of rotatable bonds is 2. The number of para-hydroxylation sites is 1. The fourth-order valence-corrected chi connectivity index (χ4v) is 3.14. The summed E-state index contributed by atoms with van der Waals surface area (Å²) in [6, 6.07) is 10.2. The lowest BCUT2D eigenvalue weighted by molar-refractivity contribution is 0.402. The first-order chi connectivity index (χ1) is 10.1. The summed E-state index contributed by atoms with van der Waals surface area (Å²) in [6.45, 7) is 1.46. The Morgan fingerprint density at radius 3 is 2.41 bits per heavy atom. The topological polar surface area (TPSA) is 72.7 Å². The summed E-state index contributed by atoms with van der Waals surface area (Å²) in [5, 5.41) is 32.9. The van der Waals surface area contributed by atoms with E-state index in [-0.39, 0.29) is 46.1 Å². The van der Waals surface area contributed by atoms with Gasteiger partial charge in [0.05, 0.1) is 5.02 Å². The summed E-state index contributed by atoms with van der Waals surface area (Å²) in [7, 11) is 0. The molecule has 1 aliphatic heterocycles. The number of phenols is 3. The highest BCUT2D eigenvalue weighted by Gasteiger charge is 2.32. The van der Waals surface area contributed by atoms with Crippen molar-refractivity contribution in [2.75, 3.05) is 13.1 Å². The molecule has 0 spiro atoms. The van der Waals surface area contributed by atoms with Crippen LogP contribution in [0.5, 0.6) is 17.2 Å². The molecule has 1 fully saturated rings. The van der Waals surface area contributed by atoms with E-state index in [2.05, 4.69) is 5.32 Å². The van der Waals surface area contributed by atoms with Gasteiger partial charge in [-0.2, -0.15) is 0 Å². The lowest BCUT2D eigenvalue weighted by Crippen LogP contribution is -2.09. The van der Waals surface area contributed by atoms with Gasteiger partial charge in [-0.1, -0.05) is 29.8 Å². The maximum Gasteiger partial charge on any atom is 0.157 e. The highest BCUT2D eigenvalue weighted by Crippen LogP contribution is 2.43. The number of benzene rings is 2. The van der Waals surface area contributed by atoms with Crippen LogP contribution in [0.25, 0.3) is 0 Å². The van der Waals surface area contributed by atoms with Crippen molar-refractivity contribution in [2.24, 2.45) is 0 Å². The summed E-state index contributed by atoms with van der Waals surface area (Å²) < 4.78 is 0. The van der Waals surface area contributed by atoms with Gasteiger partial charge in [0.25, 0.3) is 0 Å². The standard InChI is InChI=1S/C16H16ClNO3.BrH/c17-13-3-1-2-10(16(13)21)12-8-18-7-11(12)9-4-5-14(19)15(20)6-9;/h1-6,11-12,18-21H,7-8H2;1H/t11-,12-;/m0./s1. The number of aromatic hydroxyl groups is 3. The third-order valence-electron chi connectivity index (χ3n) is 4.06. The van der Waals surface area contributed by atoms with Crippen molar-refractivity contribution in [3.8, 4) is 17.2 Å². The zero-order valence-corrected chi connectivity index (χ0v) is 14.1. The predicted molar refractivity (Wildman–Crippen MR) is 91.6 cm³/mol. The van der Waals surface area contributed by atoms with Crippen LogP contribution in [0, 0.1) is 0 Å². The van der Waals surface area contributed by atoms with Crippen molar-refractivity contribution in [2.45, 2.75) is 11.8 Å². The molecule has 3 rings (SSSR count). The van der Waals surface area contributed by atoms with Gasteiger partial charge in [0.1, 0.15) is 5.75 Å². The second-order valence-electron chi connectivity index (χ2n) is 5.30. The first-order valence-corrected chi connectivity index (χ1v) is 7.15. The molecule has 0 bridgehead atoms. The molecular weight excluding hydrogens is 370 g/mol. The summed E-state index contributed by atoms with van der Waals surface area (Å²) in [6.07, 6.45) is 0. The summed E-state index contributed by atoms with van der Waals surface area (Å²) >= 11 is 5.99. The lowest BCUT2D eigenvalue weighted by atomic mass is 9.83. The average Bonchev–Trinajstić information content (AvgIpc) is 2.94. The molecule has 0 aliphatic carbocycles. The van der Waals surface area contributed by atoms with Gasteiger partial charge in [-0.3, -0.25) is 0 Å². The molecule has 2 aromatic carbocycles. The van der Waals surface area contributed by atoms with Crippen LogP contribution in [-0.2, 0) is 0 Å². The molecule has 1 saturated heterocycles. The molecule has 1 heterocycles. The Morgan fingerprint density at radius 1 is 0.955 bits per heavy atom. The normalized spacial score (nSPS) is 20.6. The Kier molecular flexibility index (Phi) is 5.21. The maximum absolute atomic E-state index is 10.2. The quantitative estimate of drug-likeness (QED) is 0.596. The summed E-state index contributed by atoms with van der Waals surface area (Å²) in [5.74, 6) is 0.00898. The minimum atomic E-state index is -0.133. The Labute approximate surface area is 144 Å². The van der Waals surface area contributed by atoms with Crippen LogP contribution >= 0.6 is 28.6 Å². The van der Waals surface area contributed by atoms with Gasteiger partial charge < -0.3 is 20.6 Å². The average molecular weight is 387 g/mol. The molecule has 4 nitrogen and oxygen atoms in total. The SMILES string of the molecule is Br.Oc1ccc([C@@H]2CNC[C@H]2c2cccc(Cl)c2O)cc1O. The highest BCUT2D eigenvalue weighted by molar-refractivity contribution is 8.93. The van der Waals surface area contributed by atoms with Gasteiger partial charge in [-0.15, -0.1) is 17.0 Å². The molecule has 4 N–H and O–H groups in total. The molecule has 2 aromatic rings. The fourth-order valence-electron chi connectivity index (χ4n) is 2.96. The fraction of sp³-hybridized carbons (Fsp3) is 0.250. The third kappa shape index (κ3) is 3.02. The van der Waals surface area contributed by atoms with Gasteiger partial charge in [0.15, 0.2) is 11.5 Å². The molecule has 0 amide bonds. The van der Waals surface area contributed by atoms with Crippen molar-refractivity contribution in [3.05, 3.63) is 52.5 Å². The van der Waals surface area contributed by atoms with E-state index in [0.29, 0.717) is 5.02 Å². The van der Waals surface area contributed by atoms with Crippen LogP contribution in [0.2, 0.25) is 5.02 Å². The van der Waals surface area contributed by atoms with Crippen molar-refractivity contribution in [1.82, 2.24) is 5.32 Å². The van der Waals surface area contributed by atoms with Crippen LogP contribution in [0.1, 0.15) is 23.0 Å². The predicted octanol–water partition coefficient (Wildman–Crippen LogP) is 3.51. The Bertz CT molecular complexity index is 680. The highest BCUT2D eigenvalue weighted by atomic mass is 79.9. The van der Waals surface area contributed by atoms with Crippen LogP contribution in [0.3, 0.4) is 0 Å². The van der Waals surface area contributed by atoms with E-state index in [1.165, 1.54) is 6.07 Å². The van der Waals surface area contributed by atoms with Crippen LogP contribution in [0.4, 0.5) is 0 Å². The molecular formula is C16H17BrClNO3. The number of phenolic OH excluding ortho intramolecular Hbond substituents is 3. The molecule has 6 heteroatoms. The first-order valence-electron chi connectivity index (χ1n) is 6.78. The Hall–Kier alpha value is -1.43. The van der Waals surface area contributed by atoms with E-state index >= 15 is 0 Å². The number of halogens is 2. The number of hydrogen-bond acceptors (Lipinski definition) is 4. The molecule has 0 unspecified atom stereocenters. The monoisotopic (exact) mass is 385 g/mol. The van der Waals surface area contributed by atoms with E-state index in [9.17, 15) is 15.3 Å². The van der Waals surface area contributed by atoms with Gasteiger partial charge in [-0.05, 0) is 23.8 Å².